The molecule has 3 aromatic carbocycles. The average Bonchev–Trinajstić information content (AvgIpc) is 3.02. The number of rotatable bonds is 13. The van der Waals surface area contributed by atoms with E-state index >= 15 is 0 Å². The lowest BCUT2D eigenvalue weighted by molar-refractivity contribution is 0.0777. The lowest BCUT2D eigenvalue weighted by Gasteiger charge is -2.35. The van der Waals surface area contributed by atoms with Gasteiger partial charge in [-0.05, 0) is 42.5 Å². The van der Waals surface area contributed by atoms with Gasteiger partial charge in [0.15, 0.2) is 11.5 Å². The molecule has 1 N–H and O–H groups in total. The van der Waals surface area contributed by atoms with Gasteiger partial charge in [0.05, 0.1) is 18.7 Å². The predicted octanol–water partition coefficient (Wildman–Crippen LogP) is 3.94. The second kappa shape index (κ2) is 14.4. The molecule has 11 nitrogen and oxygen atoms in total. The van der Waals surface area contributed by atoms with Crippen molar-refractivity contribution in [1.82, 2.24) is 20.4 Å². The molecule has 0 aliphatic carbocycles. The molecule has 1 aliphatic heterocycles. The monoisotopic (exact) mass is 573 g/mol. The number of anilines is 1. The number of methoxy groups -OCH3 is 2. The van der Waals surface area contributed by atoms with Gasteiger partial charge in [0, 0.05) is 57.4 Å². The second-order valence-corrected chi connectivity index (χ2v) is 9.55. The van der Waals surface area contributed by atoms with E-state index in [4.69, 9.17) is 23.7 Å². The maximum Gasteiger partial charge on any atom is 0.265 e. The van der Waals surface area contributed by atoms with E-state index in [-0.39, 0.29) is 5.91 Å². The number of amides is 1. The van der Waals surface area contributed by atoms with Crippen LogP contribution in [0.2, 0.25) is 0 Å². The van der Waals surface area contributed by atoms with E-state index in [1.165, 1.54) is 0 Å². The minimum atomic E-state index is -0.166. The number of benzene rings is 3. The van der Waals surface area contributed by atoms with Crippen molar-refractivity contribution in [3.63, 3.8) is 0 Å². The summed E-state index contributed by atoms with van der Waals surface area (Å²) in [5.74, 6) is 3.24. The Morgan fingerprint density at radius 1 is 0.786 bits per heavy atom. The molecule has 2 heterocycles. The fourth-order valence-corrected chi connectivity index (χ4v) is 4.54. The number of hydrogen-bond donors (Lipinski definition) is 1. The minimum Gasteiger partial charge on any atom is -0.487 e. The number of para-hydroxylation sites is 1. The van der Waals surface area contributed by atoms with Crippen molar-refractivity contribution in [2.75, 3.05) is 71.7 Å². The Morgan fingerprint density at radius 2 is 1.43 bits per heavy atom. The van der Waals surface area contributed by atoms with Crippen LogP contribution in [0.25, 0.3) is 10.9 Å². The standard InChI is InChI=1S/C31H35N5O6/c1-38-16-18-40-28-20-26-27(21-29(28)41-19-17-39-2)32-22-33-30(26)35-12-14-36(15-13-35)34-31(37)23-8-10-25(11-9-23)42-24-6-4-3-5-7-24/h3-11,20-22H,12-19H2,1-2H3,(H,34,37). The molecule has 42 heavy (non-hydrogen) atoms. The Kier molecular flexibility index (Phi) is 9.99. The highest BCUT2D eigenvalue weighted by Crippen LogP contribution is 2.35. The Hall–Kier alpha value is -4.45. The van der Waals surface area contributed by atoms with E-state index in [0.717, 1.165) is 22.5 Å². The van der Waals surface area contributed by atoms with Crippen molar-refractivity contribution in [2.24, 2.45) is 0 Å². The molecule has 5 rings (SSSR count). The molecule has 1 amide bonds. The topological polar surface area (TPSA) is 108 Å². The third-order valence-electron chi connectivity index (χ3n) is 6.70. The lowest BCUT2D eigenvalue weighted by Crippen LogP contribution is -2.53. The number of piperazine rings is 1. The molecule has 0 spiro atoms. The quantitative estimate of drug-likeness (QED) is 0.236. The number of carbonyl (C=O) groups is 1. The molecule has 0 radical (unpaired) electrons. The smallest absolute Gasteiger partial charge is 0.265 e. The number of aromatic nitrogens is 2. The van der Waals surface area contributed by atoms with Crippen LogP contribution in [-0.4, -0.2) is 87.7 Å². The molecule has 0 bridgehead atoms. The van der Waals surface area contributed by atoms with E-state index in [9.17, 15) is 4.79 Å². The fraction of sp³-hybridized carbons (Fsp3) is 0.323. The van der Waals surface area contributed by atoms with Gasteiger partial charge in [-0.3, -0.25) is 10.2 Å². The summed E-state index contributed by atoms with van der Waals surface area (Å²) in [5.41, 5.74) is 4.33. The Morgan fingerprint density at radius 3 is 2.10 bits per heavy atom. The number of nitrogens with one attached hydrogen (secondary N) is 1. The third-order valence-corrected chi connectivity index (χ3v) is 6.70. The van der Waals surface area contributed by atoms with Crippen LogP contribution in [-0.2, 0) is 9.47 Å². The Balaban J connectivity index is 1.21. The van der Waals surface area contributed by atoms with Crippen LogP contribution < -0.4 is 24.5 Å². The van der Waals surface area contributed by atoms with Crippen LogP contribution in [0.15, 0.2) is 73.1 Å². The summed E-state index contributed by atoms with van der Waals surface area (Å²) in [4.78, 5) is 24.2. The highest BCUT2D eigenvalue weighted by molar-refractivity contribution is 5.94. The summed E-state index contributed by atoms with van der Waals surface area (Å²) < 4.78 is 28.0. The molecular formula is C31H35N5O6. The molecule has 1 saturated heterocycles. The third kappa shape index (κ3) is 7.43. The molecule has 1 aromatic heterocycles. The van der Waals surface area contributed by atoms with Crippen LogP contribution in [0, 0.1) is 0 Å². The highest BCUT2D eigenvalue weighted by Gasteiger charge is 2.23. The van der Waals surface area contributed by atoms with E-state index < -0.39 is 0 Å². The first-order chi connectivity index (χ1) is 20.6. The first-order valence-corrected chi connectivity index (χ1v) is 13.8. The van der Waals surface area contributed by atoms with Gasteiger partial charge >= 0.3 is 0 Å². The number of carbonyl (C=O) groups excluding carboxylic acids is 1. The van der Waals surface area contributed by atoms with Crippen LogP contribution >= 0.6 is 0 Å². The second-order valence-electron chi connectivity index (χ2n) is 9.55. The van der Waals surface area contributed by atoms with Gasteiger partial charge in [-0.15, -0.1) is 0 Å². The van der Waals surface area contributed by atoms with Crippen molar-refractivity contribution < 1.29 is 28.5 Å². The van der Waals surface area contributed by atoms with Crippen molar-refractivity contribution in [1.29, 1.82) is 0 Å². The molecule has 0 atom stereocenters. The summed E-state index contributed by atoms with van der Waals surface area (Å²) in [6.07, 6.45) is 1.56. The first-order valence-electron chi connectivity index (χ1n) is 13.8. The van der Waals surface area contributed by atoms with Crippen molar-refractivity contribution in [2.45, 2.75) is 0 Å². The fourth-order valence-electron chi connectivity index (χ4n) is 4.54. The zero-order valence-corrected chi connectivity index (χ0v) is 23.8. The maximum atomic E-state index is 12.9. The Bertz CT molecular complexity index is 1450. The number of nitrogens with zero attached hydrogens (tertiary/aromatic N) is 4. The predicted molar refractivity (Wildman–Crippen MR) is 158 cm³/mol. The summed E-state index contributed by atoms with van der Waals surface area (Å²) in [5, 5.41) is 2.79. The van der Waals surface area contributed by atoms with Crippen LogP contribution in [0.3, 0.4) is 0 Å². The average molecular weight is 574 g/mol. The molecule has 1 fully saturated rings. The van der Waals surface area contributed by atoms with E-state index in [0.29, 0.717) is 75.4 Å². The SMILES string of the molecule is COCCOc1cc2ncnc(N3CCN(NC(=O)c4ccc(Oc5ccccc5)cc4)CC3)c2cc1OCCOC. The van der Waals surface area contributed by atoms with E-state index in [1.54, 1.807) is 44.8 Å². The highest BCUT2D eigenvalue weighted by atomic mass is 16.5. The number of ether oxygens (including phenoxy) is 5. The normalized spacial score (nSPS) is 13.6. The molecular weight excluding hydrogens is 538 g/mol. The van der Waals surface area contributed by atoms with Crippen molar-refractivity contribution in [3.8, 4) is 23.0 Å². The molecule has 11 heteroatoms. The van der Waals surface area contributed by atoms with Crippen LogP contribution in [0.4, 0.5) is 5.82 Å². The largest absolute Gasteiger partial charge is 0.487 e. The van der Waals surface area contributed by atoms with Crippen LogP contribution in [0.1, 0.15) is 10.4 Å². The van der Waals surface area contributed by atoms with Gasteiger partial charge in [-0.1, -0.05) is 18.2 Å². The van der Waals surface area contributed by atoms with Gasteiger partial charge in [0.2, 0.25) is 0 Å². The first kappa shape index (κ1) is 29.1. The van der Waals surface area contributed by atoms with E-state index in [2.05, 4.69) is 20.3 Å². The number of fused-ring (bicyclic) bond motifs is 1. The molecule has 1 aliphatic rings. The van der Waals surface area contributed by atoms with Gasteiger partial charge in [-0.2, -0.15) is 0 Å². The van der Waals surface area contributed by atoms with Crippen molar-refractivity contribution >= 4 is 22.6 Å². The van der Waals surface area contributed by atoms with Gasteiger partial charge in [0.1, 0.15) is 36.9 Å². The zero-order valence-electron chi connectivity index (χ0n) is 23.8. The summed E-state index contributed by atoms with van der Waals surface area (Å²) in [7, 11) is 3.26. The summed E-state index contributed by atoms with van der Waals surface area (Å²) in [6, 6.07) is 20.4. The molecule has 0 saturated carbocycles. The van der Waals surface area contributed by atoms with Gasteiger partial charge in [0.25, 0.3) is 5.91 Å². The molecule has 0 unspecified atom stereocenters. The summed E-state index contributed by atoms with van der Waals surface area (Å²) in [6.45, 7) is 4.27. The van der Waals surface area contributed by atoms with Gasteiger partial charge in [-0.25, -0.2) is 15.0 Å². The lowest BCUT2D eigenvalue weighted by atomic mass is 10.2. The van der Waals surface area contributed by atoms with Gasteiger partial charge < -0.3 is 28.6 Å². The number of hydrazine groups is 1. The van der Waals surface area contributed by atoms with Crippen molar-refractivity contribution in [3.05, 3.63) is 78.6 Å². The van der Waals surface area contributed by atoms with Crippen LogP contribution in [0.5, 0.6) is 23.0 Å². The zero-order chi connectivity index (χ0) is 29.1. The summed E-state index contributed by atoms with van der Waals surface area (Å²) >= 11 is 0. The number of hydrogen-bond acceptors (Lipinski definition) is 10. The molecule has 4 aromatic rings. The van der Waals surface area contributed by atoms with E-state index in [1.807, 2.05) is 47.5 Å². The Labute approximate surface area is 244 Å². The maximum absolute atomic E-state index is 12.9. The minimum absolute atomic E-state index is 0.166. The molecule has 220 valence electrons.